The SMILES string of the molecule is Nc1nc2cc(N3CCCCC3)ccc2c2nc(CCCO)[nH]c12. The Morgan fingerprint density at radius 1 is 1.17 bits per heavy atom. The molecule has 0 radical (unpaired) electrons. The van der Waals surface area contributed by atoms with Gasteiger partial charge in [-0.25, -0.2) is 9.97 Å². The molecule has 0 saturated carbocycles. The van der Waals surface area contributed by atoms with Crippen molar-refractivity contribution in [2.24, 2.45) is 0 Å². The summed E-state index contributed by atoms with van der Waals surface area (Å²) in [5, 5.41) is 10.0. The lowest BCUT2D eigenvalue weighted by atomic mass is 10.1. The number of nitrogens with zero attached hydrogens (tertiary/aromatic N) is 3. The van der Waals surface area contributed by atoms with Crippen molar-refractivity contribution in [1.29, 1.82) is 0 Å². The number of fused-ring (bicyclic) bond motifs is 3. The van der Waals surface area contributed by atoms with Crippen molar-refractivity contribution in [2.75, 3.05) is 30.3 Å². The Balaban J connectivity index is 1.78. The molecule has 1 aromatic carbocycles. The standard InChI is InChI=1S/C18H23N5O/c19-18-17-16(21-15(22-17)5-4-10-24)13-7-6-12(11-14(13)20-18)23-8-2-1-3-9-23/h6-7,11,24H,1-5,8-10H2,(H2,19,20)(H,21,22). The lowest BCUT2D eigenvalue weighted by Gasteiger charge is -2.28. The molecule has 126 valence electrons. The summed E-state index contributed by atoms with van der Waals surface area (Å²) < 4.78 is 0. The average Bonchev–Trinajstić information content (AvgIpc) is 3.05. The predicted molar refractivity (Wildman–Crippen MR) is 97.3 cm³/mol. The molecule has 3 heterocycles. The van der Waals surface area contributed by atoms with E-state index in [2.05, 4.69) is 38.1 Å². The summed E-state index contributed by atoms with van der Waals surface area (Å²) in [4.78, 5) is 14.9. The number of anilines is 2. The maximum atomic E-state index is 9.00. The van der Waals surface area contributed by atoms with Crippen LogP contribution in [0.3, 0.4) is 0 Å². The number of piperidine rings is 1. The van der Waals surface area contributed by atoms with E-state index in [1.165, 1.54) is 24.9 Å². The van der Waals surface area contributed by atoms with Crippen LogP contribution in [0, 0.1) is 0 Å². The first-order chi connectivity index (χ1) is 11.8. The molecule has 0 bridgehead atoms. The van der Waals surface area contributed by atoms with Crippen molar-refractivity contribution < 1.29 is 5.11 Å². The summed E-state index contributed by atoms with van der Waals surface area (Å²) in [6, 6.07) is 6.39. The van der Waals surface area contributed by atoms with Crippen LogP contribution in [0.25, 0.3) is 21.9 Å². The topological polar surface area (TPSA) is 91.1 Å². The van der Waals surface area contributed by atoms with Crippen LogP contribution in [-0.4, -0.2) is 39.8 Å². The van der Waals surface area contributed by atoms with Gasteiger partial charge in [-0.2, -0.15) is 0 Å². The first-order valence-electron chi connectivity index (χ1n) is 8.70. The molecule has 1 saturated heterocycles. The Morgan fingerprint density at radius 2 is 2.00 bits per heavy atom. The first kappa shape index (κ1) is 15.2. The van der Waals surface area contributed by atoms with Crippen molar-refractivity contribution >= 4 is 33.4 Å². The van der Waals surface area contributed by atoms with Gasteiger partial charge in [0, 0.05) is 37.2 Å². The molecule has 0 aliphatic carbocycles. The molecule has 3 aromatic rings. The summed E-state index contributed by atoms with van der Waals surface area (Å²) in [5.74, 6) is 1.33. The van der Waals surface area contributed by atoms with Crippen molar-refractivity contribution in [3.05, 3.63) is 24.0 Å². The summed E-state index contributed by atoms with van der Waals surface area (Å²) in [7, 11) is 0. The summed E-state index contributed by atoms with van der Waals surface area (Å²) in [6.07, 6.45) is 5.21. The number of nitrogens with two attached hydrogens (primary N) is 1. The number of aromatic nitrogens is 3. The van der Waals surface area contributed by atoms with Gasteiger partial charge in [-0.3, -0.25) is 0 Å². The van der Waals surface area contributed by atoms with E-state index in [1.807, 2.05) is 0 Å². The van der Waals surface area contributed by atoms with Gasteiger partial charge in [0.05, 0.1) is 5.52 Å². The molecular formula is C18H23N5O. The van der Waals surface area contributed by atoms with Crippen LogP contribution in [0.2, 0.25) is 0 Å². The molecule has 2 aromatic heterocycles. The number of rotatable bonds is 4. The Morgan fingerprint density at radius 3 is 2.79 bits per heavy atom. The maximum Gasteiger partial charge on any atom is 0.150 e. The highest BCUT2D eigenvalue weighted by Crippen LogP contribution is 2.30. The number of aliphatic hydroxyl groups excluding tert-OH is 1. The number of benzene rings is 1. The highest BCUT2D eigenvalue weighted by atomic mass is 16.2. The largest absolute Gasteiger partial charge is 0.396 e. The Kier molecular flexibility index (Phi) is 3.98. The number of aromatic amines is 1. The minimum atomic E-state index is 0.157. The van der Waals surface area contributed by atoms with E-state index in [-0.39, 0.29) is 6.61 Å². The third-order valence-electron chi connectivity index (χ3n) is 4.78. The van der Waals surface area contributed by atoms with Crippen LogP contribution in [0.15, 0.2) is 18.2 Å². The number of aryl methyl sites for hydroxylation is 1. The highest BCUT2D eigenvalue weighted by molar-refractivity contribution is 6.06. The molecule has 1 aliphatic rings. The number of nitrogens with one attached hydrogen (secondary N) is 1. The third-order valence-corrected chi connectivity index (χ3v) is 4.78. The number of imidazole rings is 1. The van der Waals surface area contributed by atoms with Crippen LogP contribution in [-0.2, 0) is 6.42 Å². The molecule has 24 heavy (non-hydrogen) atoms. The van der Waals surface area contributed by atoms with Gasteiger partial charge >= 0.3 is 0 Å². The van der Waals surface area contributed by atoms with E-state index in [4.69, 9.17) is 10.8 Å². The fourth-order valence-electron chi connectivity index (χ4n) is 3.51. The fourth-order valence-corrected chi connectivity index (χ4v) is 3.51. The highest BCUT2D eigenvalue weighted by Gasteiger charge is 2.15. The number of nitrogen functional groups attached to an aromatic ring is 1. The van der Waals surface area contributed by atoms with Crippen LogP contribution in [0.4, 0.5) is 11.5 Å². The molecule has 6 nitrogen and oxygen atoms in total. The Labute approximate surface area is 140 Å². The Bertz CT molecular complexity index is 867. The maximum absolute atomic E-state index is 9.00. The number of hydrogen-bond donors (Lipinski definition) is 3. The lowest BCUT2D eigenvalue weighted by Crippen LogP contribution is -2.29. The second-order valence-corrected chi connectivity index (χ2v) is 6.48. The van der Waals surface area contributed by atoms with Crippen molar-refractivity contribution in [2.45, 2.75) is 32.1 Å². The van der Waals surface area contributed by atoms with Gasteiger partial charge in [0.25, 0.3) is 0 Å². The zero-order valence-electron chi connectivity index (χ0n) is 13.8. The zero-order valence-corrected chi connectivity index (χ0v) is 13.8. The lowest BCUT2D eigenvalue weighted by molar-refractivity contribution is 0.287. The molecule has 0 spiro atoms. The number of pyridine rings is 1. The molecule has 0 amide bonds. The molecule has 4 N–H and O–H groups in total. The van der Waals surface area contributed by atoms with Gasteiger partial charge in [-0.1, -0.05) is 0 Å². The van der Waals surface area contributed by atoms with Crippen molar-refractivity contribution in [3.8, 4) is 0 Å². The number of H-pyrrole nitrogens is 1. The minimum absolute atomic E-state index is 0.157. The van der Waals surface area contributed by atoms with Gasteiger partial charge in [0.1, 0.15) is 22.7 Å². The van der Waals surface area contributed by atoms with Gasteiger partial charge in [-0.05, 0) is 43.9 Å². The van der Waals surface area contributed by atoms with E-state index in [0.29, 0.717) is 18.7 Å². The molecule has 1 aliphatic heterocycles. The zero-order chi connectivity index (χ0) is 16.5. The second-order valence-electron chi connectivity index (χ2n) is 6.48. The van der Waals surface area contributed by atoms with E-state index in [1.54, 1.807) is 0 Å². The van der Waals surface area contributed by atoms with E-state index >= 15 is 0 Å². The fraction of sp³-hybridized carbons (Fsp3) is 0.444. The van der Waals surface area contributed by atoms with Crippen molar-refractivity contribution in [1.82, 2.24) is 15.0 Å². The van der Waals surface area contributed by atoms with E-state index in [0.717, 1.165) is 40.9 Å². The smallest absolute Gasteiger partial charge is 0.150 e. The molecule has 1 fully saturated rings. The summed E-state index contributed by atoms with van der Waals surface area (Å²) >= 11 is 0. The number of aliphatic hydroxyl groups is 1. The summed E-state index contributed by atoms with van der Waals surface area (Å²) in [6.45, 7) is 2.37. The second kappa shape index (κ2) is 6.28. The molecule has 6 heteroatoms. The summed E-state index contributed by atoms with van der Waals surface area (Å²) in [5.41, 5.74) is 9.92. The normalized spacial score (nSPS) is 15.5. The first-order valence-corrected chi connectivity index (χ1v) is 8.70. The van der Waals surface area contributed by atoms with Crippen LogP contribution >= 0.6 is 0 Å². The van der Waals surface area contributed by atoms with Crippen LogP contribution in [0.1, 0.15) is 31.5 Å². The van der Waals surface area contributed by atoms with Gasteiger partial charge in [0.2, 0.25) is 0 Å². The Hall–Kier alpha value is -2.34. The predicted octanol–water partition coefficient (Wildman–Crippen LogP) is 2.61. The molecule has 0 unspecified atom stereocenters. The average molecular weight is 325 g/mol. The molecule has 0 atom stereocenters. The number of hydrogen-bond acceptors (Lipinski definition) is 5. The molecular weight excluding hydrogens is 302 g/mol. The van der Waals surface area contributed by atoms with Gasteiger partial charge in [0.15, 0.2) is 0 Å². The van der Waals surface area contributed by atoms with E-state index < -0.39 is 0 Å². The third kappa shape index (κ3) is 2.67. The monoisotopic (exact) mass is 325 g/mol. The van der Waals surface area contributed by atoms with Crippen molar-refractivity contribution in [3.63, 3.8) is 0 Å². The quantitative estimate of drug-likeness (QED) is 0.686. The van der Waals surface area contributed by atoms with Crippen LogP contribution < -0.4 is 10.6 Å². The minimum Gasteiger partial charge on any atom is -0.396 e. The van der Waals surface area contributed by atoms with E-state index in [9.17, 15) is 0 Å². The van der Waals surface area contributed by atoms with Crippen LogP contribution in [0.5, 0.6) is 0 Å². The van der Waals surface area contributed by atoms with Gasteiger partial charge < -0.3 is 20.7 Å². The van der Waals surface area contributed by atoms with Gasteiger partial charge in [-0.15, -0.1) is 0 Å². The molecule has 4 rings (SSSR count).